The van der Waals surface area contributed by atoms with Gasteiger partial charge in [-0.3, -0.25) is 9.48 Å². The van der Waals surface area contributed by atoms with E-state index in [0.717, 1.165) is 11.0 Å². The van der Waals surface area contributed by atoms with Crippen molar-refractivity contribution in [3.8, 4) is 0 Å². The zero-order chi connectivity index (χ0) is 12.3. The van der Waals surface area contributed by atoms with Crippen molar-refractivity contribution < 1.29 is 4.79 Å². The second kappa shape index (κ2) is 5.78. The molecule has 2 rings (SSSR count). The maximum Gasteiger partial charge on any atom is 0.195 e. The Labute approximate surface area is 110 Å². The van der Waals surface area contributed by atoms with E-state index in [1.54, 1.807) is 10.9 Å². The summed E-state index contributed by atoms with van der Waals surface area (Å²) in [6, 6.07) is 0.524. The molecular formula is C12H18BrN3O. The molecule has 0 atom stereocenters. The van der Waals surface area contributed by atoms with Crippen molar-refractivity contribution in [2.45, 2.75) is 45.2 Å². The molecule has 0 aliphatic heterocycles. The summed E-state index contributed by atoms with van der Waals surface area (Å²) in [5, 5.41) is 7.49. The first-order chi connectivity index (χ1) is 8.22. The first kappa shape index (κ1) is 12.8. The predicted molar refractivity (Wildman–Crippen MR) is 70.2 cm³/mol. The quantitative estimate of drug-likeness (QED) is 0.849. The lowest BCUT2D eigenvalue weighted by molar-refractivity contribution is 0.0976. The molecule has 1 heterocycles. The predicted octanol–water partition coefficient (Wildman–Crippen LogP) is 2.38. The number of nitrogens with one attached hydrogen (secondary N) is 1. The first-order valence-corrected chi connectivity index (χ1v) is 6.99. The molecule has 1 aromatic rings. The third-order valence-electron chi connectivity index (χ3n) is 3.26. The zero-order valence-corrected chi connectivity index (χ0v) is 11.7. The Balaban J connectivity index is 1.96. The topological polar surface area (TPSA) is 46.9 Å². The number of ketones is 1. The average Bonchev–Trinajstić information content (AvgIpc) is 2.94. The highest BCUT2D eigenvalue weighted by Gasteiger charge is 2.19. The van der Waals surface area contributed by atoms with E-state index in [0.29, 0.717) is 18.3 Å². The van der Waals surface area contributed by atoms with Crippen LogP contribution in [0.5, 0.6) is 0 Å². The molecule has 4 nitrogen and oxygen atoms in total. The van der Waals surface area contributed by atoms with Crippen molar-refractivity contribution in [2.24, 2.45) is 0 Å². The van der Waals surface area contributed by atoms with Crippen LogP contribution in [0.25, 0.3) is 0 Å². The fraction of sp³-hybridized carbons (Fsp3) is 0.667. The molecule has 0 saturated heterocycles. The van der Waals surface area contributed by atoms with E-state index < -0.39 is 0 Å². The molecule has 0 spiro atoms. The summed E-state index contributed by atoms with van der Waals surface area (Å²) < 4.78 is 2.53. The van der Waals surface area contributed by atoms with E-state index in [1.165, 1.54) is 25.7 Å². The van der Waals surface area contributed by atoms with Gasteiger partial charge >= 0.3 is 0 Å². The maximum absolute atomic E-state index is 12.1. The van der Waals surface area contributed by atoms with Gasteiger partial charge in [0.2, 0.25) is 0 Å². The molecule has 1 fully saturated rings. The van der Waals surface area contributed by atoms with Gasteiger partial charge in [0, 0.05) is 12.6 Å². The van der Waals surface area contributed by atoms with Crippen LogP contribution >= 0.6 is 15.9 Å². The third kappa shape index (κ3) is 2.96. The number of aromatic nitrogens is 2. The molecule has 1 N–H and O–H groups in total. The van der Waals surface area contributed by atoms with Crippen LogP contribution in [0.1, 0.15) is 43.1 Å². The Hall–Kier alpha value is -0.680. The number of halogens is 1. The van der Waals surface area contributed by atoms with E-state index >= 15 is 0 Å². The molecule has 1 aliphatic carbocycles. The van der Waals surface area contributed by atoms with Gasteiger partial charge in [-0.1, -0.05) is 12.8 Å². The van der Waals surface area contributed by atoms with Gasteiger partial charge in [0.15, 0.2) is 5.78 Å². The van der Waals surface area contributed by atoms with Crippen LogP contribution in [0.4, 0.5) is 0 Å². The van der Waals surface area contributed by atoms with E-state index in [4.69, 9.17) is 0 Å². The number of Topliss-reactive ketones (excluding diaryl/α,β-unsaturated/α-hetero) is 1. The fourth-order valence-electron chi connectivity index (χ4n) is 2.33. The van der Waals surface area contributed by atoms with Gasteiger partial charge in [0.1, 0.15) is 5.69 Å². The van der Waals surface area contributed by atoms with Crippen molar-refractivity contribution in [1.29, 1.82) is 0 Å². The van der Waals surface area contributed by atoms with Crippen molar-refractivity contribution in [3.63, 3.8) is 0 Å². The highest BCUT2D eigenvalue weighted by atomic mass is 79.9. The number of aryl methyl sites for hydroxylation is 1. The van der Waals surface area contributed by atoms with Crippen LogP contribution < -0.4 is 5.32 Å². The minimum Gasteiger partial charge on any atom is -0.307 e. The lowest BCUT2D eigenvalue weighted by Crippen LogP contribution is -2.32. The van der Waals surface area contributed by atoms with Crippen LogP contribution in [-0.4, -0.2) is 28.2 Å². The smallest absolute Gasteiger partial charge is 0.195 e. The Kier molecular flexibility index (Phi) is 4.34. The standard InChI is InChI=1S/C12H18BrN3O/c1-2-16-12(10(13)7-15-16)11(17)8-14-9-5-3-4-6-9/h7,9,14H,2-6,8H2,1H3. The molecular weight excluding hydrogens is 282 g/mol. The van der Waals surface area contributed by atoms with Crippen LogP contribution in [0.15, 0.2) is 10.7 Å². The number of carbonyl (C=O) groups is 1. The summed E-state index contributed by atoms with van der Waals surface area (Å²) in [6.07, 6.45) is 6.64. The average molecular weight is 300 g/mol. The van der Waals surface area contributed by atoms with Gasteiger partial charge < -0.3 is 5.32 Å². The molecule has 5 heteroatoms. The van der Waals surface area contributed by atoms with Crippen LogP contribution in [0, 0.1) is 0 Å². The van der Waals surface area contributed by atoms with Crippen LogP contribution in [0.2, 0.25) is 0 Å². The summed E-state index contributed by atoms with van der Waals surface area (Å²) in [6.45, 7) is 3.12. The van der Waals surface area contributed by atoms with Gasteiger partial charge in [-0.15, -0.1) is 0 Å². The lowest BCUT2D eigenvalue weighted by Gasteiger charge is -2.11. The highest BCUT2D eigenvalue weighted by Crippen LogP contribution is 2.19. The first-order valence-electron chi connectivity index (χ1n) is 6.20. The third-order valence-corrected chi connectivity index (χ3v) is 3.85. The van der Waals surface area contributed by atoms with E-state index in [-0.39, 0.29) is 5.78 Å². The summed E-state index contributed by atoms with van der Waals surface area (Å²) in [4.78, 5) is 12.1. The van der Waals surface area contributed by atoms with Crippen molar-refractivity contribution in [3.05, 3.63) is 16.4 Å². The Morgan fingerprint density at radius 3 is 2.94 bits per heavy atom. The van der Waals surface area contributed by atoms with Crippen LogP contribution in [-0.2, 0) is 6.54 Å². The SMILES string of the molecule is CCn1ncc(Br)c1C(=O)CNC1CCCC1. The fourth-order valence-corrected chi connectivity index (χ4v) is 2.85. The summed E-state index contributed by atoms with van der Waals surface area (Å²) >= 11 is 3.38. The van der Waals surface area contributed by atoms with Gasteiger partial charge in [-0.25, -0.2) is 0 Å². The summed E-state index contributed by atoms with van der Waals surface area (Å²) in [7, 11) is 0. The maximum atomic E-state index is 12.1. The van der Waals surface area contributed by atoms with E-state index in [1.807, 2.05) is 6.92 Å². The summed E-state index contributed by atoms with van der Waals surface area (Å²) in [5.41, 5.74) is 0.679. The lowest BCUT2D eigenvalue weighted by atomic mass is 10.2. The summed E-state index contributed by atoms with van der Waals surface area (Å²) in [5.74, 6) is 0.114. The van der Waals surface area contributed by atoms with Crippen molar-refractivity contribution >= 4 is 21.7 Å². The molecule has 1 aliphatic rings. The second-order valence-electron chi connectivity index (χ2n) is 4.44. The number of carbonyl (C=O) groups excluding carboxylic acids is 1. The molecule has 0 unspecified atom stereocenters. The van der Waals surface area contributed by atoms with Gasteiger partial charge in [-0.05, 0) is 35.7 Å². The monoisotopic (exact) mass is 299 g/mol. The number of hydrogen-bond donors (Lipinski definition) is 1. The van der Waals surface area contributed by atoms with Gasteiger partial charge in [0.25, 0.3) is 0 Å². The van der Waals surface area contributed by atoms with Gasteiger partial charge in [-0.2, -0.15) is 5.10 Å². The Bertz CT molecular complexity index is 396. The molecule has 1 aromatic heterocycles. The molecule has 1 saturated carbocycles. The second-order valence-corrected chi connectivity index (χ2v) is 5.30. The molecule has 17 heavy (non-hydrogen) atoms. The number of nitrogens with zero attached hydrogens (tertiary/aromatic N) is 2. The van der Waals surface area contributed by atoms with Crippen molar-refractivity contribution in [2.75, 3.05) is 6.54 Å². The number of rotatable bonds is 5. The highest BCUT2D eigenvalue weighted by molar-refractivity contribution is 9.10. The van der Waals surface area contributed by atoms with Gasteiger partial charge in [0.05, 0.1) is 17.2 Å². The molecule has 0 aromatic carbocycles. The molecule has 0 bridgehead atoms. The van der Waals surface area contributed by atoms with Crippen molar-refractivity contribution in [1.82, 2.24) is 15.1 Å². The molecule has 94 valence electrons. The normalized spacial score (nSPS) is 16.6. The Morgan fingerprint density at radius 1 is 1.59 bits per heavy atom. The Morgan fingerprint density at radius 2 is 2.29 bits per heavy atom. The van der Waals surface area contributed by atoms with Crippen LogP contribution in [0.3, 0.4) is 0 Å². The van der Waals surface area contributed by atoms with E-state index in [9.17, 15) is 4.79 Å². The minimum atomic E-state index is 0.114. The zero-order valence-electron chi connectivity index (χ0n) is 10.1. The minimum absolute atomic E-state index is 0.114. The largest absolute Gasteiger partial charge is 0.307 e. The van der Waals surface area contributed by atoms with E-state index in [2.05, 4.69) is 26.3 Å². The number of hydrogen-bond acceptors (Lipinski definition) is 3. The molecule has 0 radical (unpaired) electrons. The molecule has 0 amide bonds.